The summed E-state index contributed by atoms with van der Waals surface area (Å²) in [6, 6.07) is 10.0. The van der Waals surface area contributed by atoms with E-state index in [0.29, 0.717) is 32.4 Å². The largest absolute Gasteiger partial charge is 0.481 e. The zero-order valence-corrected chi connectivity index (χ0v) is 11.8. The van der Waals surface area contributed by atoms with Gasteiger partial charge in [-0.05, 0) is 24.3 Å². The quantitative estimate of drug-likeness (QED) is 0.918. The molecule has 1 atom stereocenters. The van der Waals surface area contributed by atoms with Crippen molar-refractivity contribution in [1.82, 2.24) is 4.90 Å². The van der Waals surface area contributed by atoms with E-state index in [1.54, 1.807) is 4.90 Å². The first kappa shape index (κ1) is 14.6. The third kappa shape index (κ3) is 3.59. The first-order chi connectivity index (χ1) is 9.58. The Balaban J connectivity index is 1.85. The van der Waals surface area contributed by atoms with Gasteiger partial charge in [0.2, 0.25) is 5.91 Å². The monoisotopic (exact) mass is 275 g/mol. The second-order valence-electron chi connectivity index (χ2n) is 5.51. The Morgan fingerprint density at radius 2 is 1.85 bits per heavy atom. The first-order valence-corrected chi connectivity index (χ1v) is 7.13. The number of rotatable bonds is 4. The Bertz CT molecular complexity index is 464. The average Bonchev–Trinajstić information content (AvgIpc) is 2.48. The van der Waals surface area contributed by atoms with E-state index in [9.17, 15) is 9.59 Å². The average molecular weight is 275 g/mol. The van der Waals surface area contributed by atoms with Crippen LogP contribution in [0, 0.1) is 5.92 Å². The minimum Gasteiger partial charge on any atom is -0.481 e. The van der Waals surface area contributed by atoms with Crippen LogP contribution in [0.5, 0.6) is 0 Å². The molecule has 20 heavy (non-hydrogen) atoms. The maximum Gasteiger partial charge on any atom is 0.306 e. The molecule has 0 bridgehead atoms. The topological polar surface area (TPSA) is 57.6 Å². The van der Waals surface area contributed by atoms with Gasteiger partial charge in [0.05, 0.1) is 5.92 Å². The lowest BCUT2D eigenvalue weighted by Gasteiger charge is -2.31. The first-order valence-electron chi connectivity index (χ1n) is 7.13. The Morgan fingerprint density at radius 3 is 2.40 bits per heavy atom. The van der Waals surface area contributed by atoms with E-state index < -0.39 is 5.97 Å². The van der Waals surface area contributed by atoms with Crippen molar-refractivity contribution in [2.45, 2.75) is 32.1 Å². The van der Waals surface area contributed by atoms with Crippen molar-refractivity contribution in [2.24, 2.45) is 5.92 Å². The van der Waals surface area contributed by atoms with Gasteiger partial charge < -0.3 is 10.0 Å². The molecule has 0 aromatic heterocycles. The molecule has 2 rings (SSSR count). The van der Waals surface area contributed by atoms with Crippen LogP contribution in [0.3, 0.4) is 0 Å². The minimum absolute atomic E-state index is 0.130. The molecule has 1 aliphatic rings. The molecule has 1 fully saturated rings. The third-order valence-electron chi connectivity index (χ3n) is 4.05. The van der Waals surface area contributed by atoms with E-state index >= 15 is 0 Å². The second-order valence-corrected chi connectivity index (χ2v) is 5.51. The third-order valence-corrected chi connectivity index (χ3v) is 4.05. The number of likely N-dealkylation sites (tertiary alicyclic amines) is 1. The lowest BCUT2D eigenvalue weighted by atomic mass is 9.94. The Morgan fingerprint density at radius 1 is 1.25 bits per heavy atom. The van der Waals surface area contributed by atoms with Crippen molar-refractivity contribution in [1.29, 1.82) is 0 Å². The van der Waals surface area contributed by atoms with Gasteiger partial charge in [0.25, 0.3) is 0 Å². The van der Waals surface area contributed by atoms with Crippen LogP contribution in [0.15, 0.2) is 30.3 Å². The molecule has 108 valence electrons. The van der Waals surface area contributed by atoms with Crippen LogP contribution in [0.1, 0.15) is 37.7 Å². The van der Waals surface area contributed by atoms with Crippen LogP contribution in [-0.2, 0) is 9.59 Å². The molecule has 1 aliphatic heterocycles. The molecule has 0 radical (unpaired) electrons. The summed E-state index contributed by atoms with van der Waals surface area (Å²) < 4.78 is 0. The predicted molar refractivity (Wildman–Crippen MR) is 76.4 cm³/mol. The molecule has 4 heteroatoms. The van der Waals surface area contributed by atoms with Gasteiger partial charge in [-0.1, -0.05) is 37.3 Å². The van der Waals surface area contributed by atoms with Crippen LogP contribution in [0.4, 0.5) is 0 Å². The van der Waals surface area contributed by atoms with Gasteiger partial charge in [-0.25, -0.2) is 0 Å². The molecule has 0 saturated carbocycles. The summed E-state index contributed by atoms with van der Waals surface area (Å²) >= 11 is 0. The molecule has 1 aromatic carbocycles. The lowest BCUT2D eigenvalue weighted by Crippen LogP contribution is -2.40. The zero-order valence-electron chi connectivity index (χ0n) is 11.8. The van der Waals surface area contributed by atoms with E-state index in [4.69, 9.17) is 5.11 Å². The standard InChI is InChI=1S/C16H21NO3/c1-12(13-5-3-2-4-6-13)11-15(18)17-9-7-14(8-10-17)16(19)20/h2-6,12,14H,7-11H2,1H3,(H,19,20)/t12-/m1/s1. The smallest absolute Gasteiger partial charge is 0.306 e. The Kier molecular flexibility index (Phi) is 4.77. The number of carboxylic acids is 1. The van der Waals surface area contributed by atoms with E-state index in [1.807, 2.05) is 30.3 Å². The number of piperidine rings is 1. The van der Waals surface area contributed by atoms with Crippen molar-refractivity contribution in [3.63, 3.8) is 0 Å². The molecule has 1 N–H and O–H groups in total. The molecule has 1 saturated heterocycles. The lowest BCUT2D eigenvalue weighted by molar-refractivity contribution is -0.145. The summed E-state index contributed by atoms with van der Waals surface area (Å²) in [5.41, 5.74) is 1.17. The van der Waals surface area contributed by atoms with Crippen molar-refractivity contribution in [3.05, 3.63) is 35.9 Å². The Labute approximate surface area is 119 Å². The van der Waals surface area contributed by atoms with Crippen LogP contribution in [0.25, 0.3) is 0 Å². The fraction of sp³-hybridized carbons (Fsp3) is 0.500. The fourth-order valence-corrected chi connectivity index (χ4v) is 2.67. The highest BCUT2D eigenvalue weighted by Crippen LogP contribution is 2.22. The van der Waals surface area contributed by atoms with Gasteiger partial charge >= 0.3 is 5.97 Å². The van der Waals surface area contributed by atoms with Crippen LogP contribution in [-0.4, -0.2) is 35.0 Å². The van der Waals surface area contributed by atoms with Gasteiger partial charge in [-0.3, -0.25) is 9.59 Å². The molecular weight excluding hydrogens is 254 g/mol. The number of amides is 1. The highest BCUT2D eigenvalue weighted by Gasteiger charge is 2.27. The van der Waals surface area contributed by atoms with E-state index in [1.165, 1.54) is 5.56 Å². The van der Waals surface area contributed by atoms with Crippen molar-refractivity contribution in [2.75, 3.05) is 13.1 Å². The second kappa shape index (κ2) is 6.55. The molecule has 4 nitrogen and oxygen atoms in total. The van der Waals surface area contributed by atoms with Gasteiger partial charge in [-0.15, -0.1) is 0 Å². The highest BCUT2D eigenvalue weighted by molar-refractivity contribution is 5.77. The van der Waals surface area contributed by atoms with Crippen molar-refractivity contribution in [3.8, 4) is 0 Å². The van der Waals surface area contributed by atoms with Crippen LogP contribution >= 0.6 is 0 Å². The summed E-state index contributed by atoms with van der Waals surface area (Å²) in [7, 11) is 0. The Hall–Kier alpha value is -1.84. The van der Waals surface area contributed by atoms with E-state index in [0.717, 1.165) is 0 Å². The number of carboxylic acid groups (broad SMARTS) is 1. The summed E-state index contributed by atoms with van der Waals surface area (Å²) in [6.45, 7) is 3.19. The molecule has 0 aliphatic carbocycles. The molecular formula is C16H21NO3. The summed E-state index contributed by atoms with van der Waals surface area (Å²) in [5.74, 6) is -0.702. The highest BCUT2D eigenvalue weighted by atomic mass is 16.4. The number of hydrogen-bond donors (Lipinski definition) is 1. The number of nitrogens with zero attached hydrogens (tertiary/aromatic N) is 1. The summed E-state index contributed by atoms with van der Waals surface area (Å²) in [5, 5.41) is 8.95. The number of benzene rings is 1. The summed E-state index contributed by atoms with van der Waals surface area (Å²) in [6.07, 6.45) is 1.63. The normalized spacial score (nSPS) is 17.8. The van der Waals surface area contributed by atoms with Gasteiger partial charge in [0.15, 0.2) is 0 Å². The predicted octanol–water partition coefficient (Wildman–Crippen LogP) is 2.50. The van der Waals surface area contributed by atoms with E-state index in [2.05, 4.69) is 6.92 Å². The number of hydrogen-bond acceptors (Lipinski definition) is 2. The minimum atomic E-state index is -0.741. The van der Waals surface area contributed by atoms with E-state index in [-0.39, 0.29) is 17.7 Å². The van der Waals surface area contributed by atoms with Gasteiger partial charge in [-0.2, -0.15) is 0 Å². The number of carbonyl (C=O) groups excluding carboxylic acids is 1. The molecule has 1 amide bonds. The van der Waals surface area contributed by atoms with Gasteiger partial charge in [0.1, 0.15) is 0 Å². The van der Waals surface area contributed by atoms with Crippen molar-refractivity contribution < 1.29 is 14.7 Å². The zero-order chi connectivity index (χ0) is 14.5. The number of aliphatic carboxylic acids is 1. The molecule has 1 heterocycles. The van der Waals surface area contributed by atoms with Crippen LogP contribution in [0.2, 0.25) is 0 Å². The fourth-order valence-electron chi connectivity index (χ4n) is 2.67. The molecule has 0 unspecified atom stereocenters. The van der Waals surface area contributed by atoms with Crippen molar-refractivity contribution >= 4 is 11.9 Å². The SMILES string of the molecule is C[C@H](CC(=O)N1CCC(C(=O)O)CC1)c1ccccc1. The van der Waals surface area contributed by atoms with Gasteiger partial charge in [0, 0.05) is 19.5 Å². The summed E-state index contributed by atoms with van der Waals surface area (Å²) in [4.78, 5) is 24.9. The maximum absolute atomic E-state index is 12.2. The maximum atomic E-state index is 12.2. The molecule has 0 spiro atoms. The van der Waals surface area contributed by atoms with Crippen LogP contribution < -0.4 is 0 Å². The molecule has 1 aromatic rings. The number of carbonyl (C=O) groups is 2.